The minimum Gasteiger partial charge on any atom is -0.507 e. The Morgan fingerprint density at radius 2 is 1.83 bits per heavy atom. The zero-order valence-corrected chi connectivity index (χ0v) is 38.4. The predicted molar refractivity (Wildman–Crippen MR) is 249 cm³/mol. The fourth-order valence-electron chi connectivity index (χ4n) is 10.1. The zero-order valence-electron chi connectivity index (χ0n) is 37.6. The number of likely N-dealkylation sites (tertiary alicyclic amines) is 2. The summed E-state index contributed by atoms with van der Waals surface area (Å²) in [7, 11) is 0. The minimum atomic E-state index is -0.820. The van der Waals surface area contributed by atoms with Crippen molar-refractivity contribution in [3.05, 3.63) is 83.2 Å². The molecule has 2 amide bonds. The number of aromatic hydroxyl groups is 1. The van der Waals surface area contributed by atoms with Crippen LogP contribution in [-0.2, 0) is 9.59 Å². The van der Waals surface area contributed by atoms with E-state index in [0.29, 0.717) is 41.6 Å². The van der Waals surface area contributed by atoms with Gasteiger partial charge in [-0.2, -0.15) is 0 Å². The molecule has 3 aromatic heterocycles. The number of aliphatic hydroxyl groups is 1. The van der Waals surface area contributed by atoms with Crippen LogP contribution in [0.15, 0.2) is 70.7 Å². The second-order valence-electron chi connectivity index (χ2n) is 18.3. The molecule has 4 N–H and O–H groups in total. The van der Waals surface area contributed by atoms with Crippen LogP contribution < -0.4 is 20.3 Å². The molecule has 0 saturated carbocycles. The average molecular weight is 905 g/mol. The number of phenolic OH excluding ortho intramolecular Hbond substituents is 1. The molecular weight excluding hydrogens is 845 g/mol. The Labute approximate surface area is 384 Å². The van der Waals surface area contributed by atoms with E-state index in [1.807, 2.05) is 81.7 Å². The maximum absolute atomic E-state index is 14.2. The number of nitrogens with one attached hydrogen (secondary N) is 2. The number of aliphatic hydroxyl groups excluding tert-OH is 1. The van der Waals surface area contributed by atoms with E-state index in [-0.39, 0.29) is 42.5 Å². The number of ether oxygens (including phenoxy) is 1. The molecule has 16 nitrogen and oxygen atoms in total. The quantitative estimate of drug-likeness (QED) is 0.113. The van der Waals surface area contributed by atoms with Gasteiger partial charge in [-0.25, -0.2) is 4.98 Å². The molecule has 3 fully saturated rings. The van der Waals surface area contributed by atoms with E-state index in [1.165, 1.54) is 4.90 Å². The highest BCUT2D eigenvalue weighted by Gasteiger charge is 2.44. The number of thiazole rings is 1. The number of β-amino-alcohol motifs (C(OH)–C–C–N with tert-alkyl or cyclic N) is 1. The molecule has 4 aliphatic heterocycles. The van der Waals surface area contributed by atoms with Gasteiger partial charge in [0, 0.05) is 63.4 Å². The van der Waals surface area contributed by atoms with Crippen LogP contribution in [-0.4, -0.2) is 140 Å². The first kappa shape index (κ1) is 44.6. The van der Waals surface area contributed by atoms with Crippen molar-refractivity contribution in [3.63, 3.8) is 0 Å². The van der Waals surface area contributed by atoms with Crippen molar-refractivity contribution in [2.45, 2.75) is 89.6 Å². The number of phenols is 1. The normalized spacial score (nSPS) is 22.4. The molecule has 0 radical (unpaired) electrons. The molecular formula is C48H60N10O6S. The maximum atomic E-state index is 14.2. The first-order chi connectivity index (χ1) is 31.5. The lowest BCUT2D eigenvalue weighted by Gasteiger charge is -2.48. The van der Waals surface area contributed by atoms with Crippen LogP contribution >= 0.6 is 11.3 Å². The number of hydrogen-bond acceptors (Lipinski definition) is 15. The Morgan fingerprint density at radius 3 is 2.62 bits per heavy atom. The van der Waals surface area contributed by atoms with Gasteiger partial charge in [0.15, 0.2) is 11.6 Å². The summed E-state index contributed by atoms with van der Waals surface area (Å²) in [4.78, 5) is 42.5. The van der Waals surface area contributed by atoms with Crippen molar-refractivity contribution in [2.75, 3.05) is 69.2 Å². The Bertz CT molecular complexity index is 2440. The van der Waals surface area contributed by atoms with Crippen molar-refractivity contribution in [3.8, 4) is 33.3 Å². The van der Waals surface area contributed by atoms with Crippen molar-refractivity contribution in [2.24, 2.45) is 5.92 Å². The van der Waals surface area contributed by atoms with E-state index in [9.17, 15) is 19.8 Å². The number of amides is 2. The number of rotatable bonds is 13. The lowest BCUT2D eigenvalue weighted by molar-refractivity contribution is -0.141. The third kappa shape index (κ3) is 9.69. The van der Waals surface area contributed by atoms with Crippen LogP contribution in [0.5, 0.6) is 11.6 Å². The standard InChI is InChI=1S/C48H60N10O6S/c1-29(2)44(48(62)58-27-36(59)22-40(58)47(61)51-30(3)32-11-13-33(14-12-32)45-31(4)50-28-65-45)42-24-43(54-64-42)63-21-20-55-16-7-8-34(15-17-55)56-18-19-57-35(26-56)25-49-46-39(57)23-38(52-53-46)37-9-5-6-10-41(37)60/h5-6,9-14,23-24,28-30,34-36,40,44,59-60H,7-8,15-22,25-27H2,1-4H3,(H,49,53)(H,51,61)/t30-,34?,35-,36+,40-,44+/m0/s1. The van der Waals surface area contributed by atoms with Crippen molar-refractivity contribution in [1.29, 1.82) is 0 Å². The Hall–Kier alpha value is -5.62. The number of aromatic nitrogens is 4. The number of aryl methyl sites for hydroxylation is 1. The highest BCUT2D eigenvalue weighted by molar-refractivity contribution is 7.13. The number of nitrogens with zero attached hydrogens (tertiary/aromatic N) is 8. The van der Waals surface area contributed by atoms with Gasteiger partial charge in [0.2, 0.25) is 11.8 Å². The lowest BCUT2D eigenvalue weighted by Crippen LogP contribution is -2.59. The van der Waals surface area contributed by atoms with Crippen LogP contribution in [0.1, 0.15) is 75.4 Å². The minimum absolute atomic E-state index is 0.0620. The third-order valence-corrected chi connectivity index (χ3v) is 14.6. The van der Waals surface area contributed by atoms with E-state index >= 15 is 0 Å². The molecule has 1 unspecified atom stereocenters. The van der Waals surface area contributed by atoms with Crippen LogP contribution in [0, 0.1) is 12.8 Å². The number of carbonyl (C=O) groups is 2. The fourth-order valence-corrected chi connectivity index (χ4v) is 10.9. The van der Waals surface area contributed by atoms with Gasteiger partial charge in [0.05, 0.1) is 45.7 Å². The molecule has 17 heteroatoms. The highest BCUT2D eigenvalue weighted by atomic mass is 32.1. The number of fused-ring (bicyclic) bond motifs is 3. The second-order valence-corrected chi connectivity index (χ2v) is 19.1. The molecule has 7 heterocycles. The molecule has 344 valence electrons. The van der Waals surface area contributed by atoms with Gasteiger partial charge < -0.3 is 39.9 Å². The molecule has 0 bridgehead atoms. The molecule has 9 rings (SSSR count). The molecule has 2 aromatic carbocycles. The average Bonchev–Trinajstić information content (AvgIpc) is 4.02. The van der Waals surface area contributed by atoms with Crippen LogP contribution in [0.4, 0.5) is 11.5 Å². The van der Waals surface area contributed by atoms with Gasteiger partial charge >= 0.3 is 0 Å². The van der Waals surface area contributed by atoms with E-state index in [0.717, 1.165) is 98.3 Å². The summed E-state index contributed by atoms with van der Waals surface area (Å²) in [5, 5.41) is 40.8. The van der Waals surface area contributed by atoms with Crippen LogP contribution in [0.2, 0.25) is 0 Å². The number of hydrogen-bond donors (Lipinski definition) is 4. The number of piperazine rings is 1. The van der Waals surface area contributed by atoms with Gasteiger partial charge in [0.1, 0.15) is 24.3 Å². The largest absolute Gasteiger partial charge is 0.507 e. The van der Waals surface area contributed by atoms with E-state index < -0.39 is 18.1 Å². The first-order valence-electron chi connectivity index (χ1n) is 23.0. The number of para-hydroxylation sites is 1. The summed E-state index contributed by atoms with van der Waals surface area (Å²) in [6.45, 7) is 14.7. The second kappa shape index (κ2) is 19.5. The maximum Gasteiger partial charge on any atom is 0.254 e. The van der Waals surface area contributed by atoms with Gasteiger partial charge in [-0.1, -0.05) is 50.2 Å². The Balaban J connectivity index is 0.752. The molecule has 65 heavy (non-hydrogen) atoms. The SMILES string of the molecule is Cc1ncsc1-c1ccc([C@H](C)NC(=O)[C@@H]2C[C@@H](O)CN2C(=O)[C@@H](c2cc(OCCN3CCCC(N4CCN5c6cc(-c7ccccc7O)nnc6NC[C@H]5C4)CC3)no2)C(C)C)cc1. The molecule has 0 spiro atoms. The topological polar surface area (TPSA) is 186 Å². The fraction of sp³-hybridized carbons (Fsp3) is 0.500. The Morgan fingerprint density at radius 1 is 1.00 bits per heavy atom. The summed E-state index contributed by atoms with van der Waals surface area (Å²) < 4.78 is 11.9. The Kier molecular flexibility index (Phi) is 13.3. The van der Waals surface area contributed by atoms with Crippen LogP contribution in [0.25, 0.3) is 21.7 Å². The van der Waals surface area contributed by atoms with Gasteiger partial charge in [0.25, 0.3) is 5.88 Å². The lowest BCUT2D eigenvalue weighted by atomic mass is 9.91. The number of carbonyl (C=O) groups excluding carboxylic acids is 2. The number of anilines is 2. The van der Waals surface area contributed by atoms with Gasteiger partial charge in [-0.05, 0) is 86.6 Å². The summed E-state index contributed by atoms with van der Waals surface area (Å²) in [5.74, 6) is 0.229. The molecule has 3 saturated heterocycles. The summed E-state index contributed by atoms with van der Waals surface area (Å²) in [6, 6.07) is 18.7. The van der Waals surface area contributed by atoms with Crippen LogP contribution in [0.3, 0.4) is 0 Å². The molecule has 0 aliphatic carbocycles. The summed E-state index contributed by atoms with van der Waals surface area (Å²) in [6.07, 6.45) is 2.67. The zero-order chi connectivity index (χ0) is 45.2. The van der Waals surface area contributed by atoms with Gasteiger partial charge in [-0.15, -0.1) is 21.5 Å². The third-order valence-electron chi connectivity index (χ3n) is 13.6. The predicted octanol–water partition coefficient (Wildman–Crippen LogP) is 5.70. The monoisotopic (exact) mass is 904 g/mol. The smallest absolute Gasteiger partial charge is 0.254 e. The molecule has 5 aromatic rings. The first-order valence-corrected chi connectivity index (χ1v) is 23.9. The summed E-state index contributed by atoms with van der Waals surface area (Å²) >= 11 is 1.59. The van der Waals surface area contributed by atoms with Crippen molar-refractivity contribution < 1.29 is 29.1 Å². The van der Waals surface area contributed by atoms with E-state index in [2.05, 4.69) is 45.7 Å². The van der Waals surface area contributed by atoms with E-state index in [1.54, 1.807) is 23.5 Å². The molecule has 6 atom stereocenters. The van der Waals surface area contributed by atoms with Crippen molar-refractivity contribution in [1.82, 2.24) is 40.4 Å². The van der Waals surface area contributed by atoms with Crippen molar-refractivity contribution >= 4 is 34.7 Å². The molecule has 4 aliphatic rings. The number of benzene rings is 2. The van der Waals surface area contributed by atoms with E-state index in [4.69, 9.17) is 9.26 Å². The van der Waals surface area contributed by atoms with Gasteiger partial charge in [-0.3, -0.25) is 19.4 Å². The highest BCUT2D eigenvalue weighted by Crippen LogP contribution is 2.37. The summed E-state index contributed by atoms with van der Waals surface area (Å²) in [5.41, 5.74) is 7.22.